The van der Waals surface area contributed by atoms with Crippen molar-refractivity contribution in [1.82, 2.24) is 0 Å². The van der Waals surface area contributed by atoms with Crippen LogP contribution in [0, 0.1) is 0 Å². The van der Waals surface area contributed by atoms with Gasteiger partial charge in [0, 0.05) is 51.6 Å². The second-order valence-electron chi connectivity index (χ2n) is 6.68. The van der Waals surface area contributed by atoms with Gasteiger partial charge < -0.3 is 10.2 Å². The molecule has 148 valence electrons. The van der Waals surface area contributed by atoms with Crippen molar-refractivity contribution in [2.24, 2.45) is 4.99 Å². The molecule has 28 heavy (non-hydrogen) atoms. The van der Waals surface area contributed by atoms with Crippen LogP contribution in [0.3, 0.4) is 0 Å². The van der Waals surface area contributed by atoms with Gasteiger partial charge in [-0.1, -0.05) is 36.0 Å². The number of thioether (sulfide) groups is 1. The second-order valence-corrected chi connectivity index (χ2v) is 7.83. The lowest BCUT2D eigenvalue weighted by Gasteiger charge is -2.13. The standard InChI is InChI=1S/C22H27N3O2S/c1-16(26)24-20-7-5-6-18(14-20)12-13-23-22(15-28-17(2)27)19-8-10-21(11-9-19)25(3)4/h5-11,14H,12-13,15H2,1-4H3,(H,24,26). The summed E-state index contributed by atoms with van der Waals surface area (Å²) >= 11 is 1.27. The predicted octanol–water partition coefficient (Wildman–Crippen LogP) is 4.02. The van der Waals surface area contributed by atoms with E-state index in [9.17, 15) is 9.59 Å². The van der Waals surface area contributed by atoms with E-state index in [1.165, 1.54) is 18.7 Å². The molecule has 5 nitrogen and oxygen atoms in total. The van der Waals surface area contributed by atoms with Gasteiger partial charge in [-0.25, -0.2) is 0 Å². The van der Waals surface area contributed by atoms with Crippen LogP contribution in [0.1, 0.15) is 25.0 Å². The summed E-state index contributed by atoms with van der Waals surface area (Å²) in [5.41, 5.74) is 4.98. The number of amides is 1. The number of nitrogens with zero attached hydrogens (tertiary/aromatic N) is 2. The molecule has 0 aliphatic carbocycles. The van der Waals surface area contributed by atoms with Crippen molar-refractivity contribution in [3.8, 4) is 0 Å². The topological polar surface area (TPSA) is 61.8 Å². The highest BCUT2D eigenvalue weighted by atomic mass is 32.2. The number of carbonyl (C=O) groups excluding carboxylic acids is 2. The van der Waals surface area contributed by atoms with Gasteiger partial charge in [0.1, 0.15) is 0 Å². The zero-order valence-corrected chi connectivity index (χ0v) is 17.7. The maximum absolute atomic E-state index is 11.4. The van der Waals surface area contributed by atoms with Crippen molar-refractivity contribution in [3.05, 3.63) is 59.7 Å². The lowest BCUT2D eigenvalue weighted by Crippen LogP contribution is -2.11. The van der Waals surface area contributed by atoms with Crippen LogP contribution < -0.4 is 10.2 Å². The Hall–Kier alpha value is -2.60. The van der Waals surface area contributed by atoms with E-state index in [2.05, 4.69) is 17.4 Å². The third-order valence-electron chi connectivity index (χ3n) is 4.08. The number of rotatable bonds is 8. The first-order valence-corrected chi connectivity index (χ1v) is 10.1. The van der Waals surface area contributed by atoms with Crippen molar-refractivity contribution >= 4 is 39.9 Å². The number of anilines is 2. The lowest BCUT2D eigenvalue weighted by molar-refractivity contribution is -0.114. The Morgan fingerprint density at radius 1 is 1.07 bits per heavy atom. The maximum Gasteiger partial charge on any atom is 0.221 e. The van der Waals surface area contributed by atoms with Crippen LogP contribution in [0.2, 0.25) is 0 Å². The molecule has 1 N–H and O–H groups in total. The number of hydrogen-bond acceptors (Lipinski definition) is 5. The van der Waals surface area contributed by atoms with Crippen molar-refractivity contribution in [2.45, 2.75) is 20.3 Å². The van der Waals surface area contributed by atoms with Gasteiger partial charge in [0.2, 0.25) is 5.91 Å². The zero-order valence-electron chi connectivity index (χ0n) is 16.9. The summed E-state index contributed by atoms with van der Waals surface area (Å²) in [4.78, 5) is 29.4. The van der Waals surface area contributed by atoms with Crippen molar-refractivity contribution in [3.63, 3.8) is 0 Å². The minimum atomic E-state index is -0.0834. The molecule has 0 fully saturated rings. The van der Waals surface area contributed by atoms with Crippen LogP contribution in [0.25, 0.3) is 0 Å². The minimum Gasteiger partial charge on any atom is -0.378 e. The van der Waals surface area contributed by atoms with Gasteiger partial charge in [-0.2, -0.15) is 0 Å². The first-order valence-electron chi connectivity index (χ1n) is 9.16. The molecular formula is C22H27N3O2S. The molecule has 0 aromatic heterocycles. The van der Waals surface area contributed by atoms with E-state index in [0.29, 0.717) is 12.3 Å². The van der Waals surface area contributed by atoms with Crippen LogP contribution in [0.4, 0.5) is 11.4 Å². The predicted molar refractivity (Wildman–Crippen MR) is 120 cm³/mol. The van der Waals surface area contributed by atoms with E-state index in [-0.39, 0.29) is 11.0 Å². The smallest absolute Gasteiger partial charge is 0.221 e. The molecule has 0 saturated heterocycles. The average molecular weight is 398 g/mol. The fraction of sp³-hybridized carbons (Fsp3) is 0.318. The molecule has 0 spiro atoms. The molecule has 1 amide bonds. The summed E-state index contributed by atoms with van der Waals surface area (Å²) in [6, 6.07) is 16.0. The summed E-state index contributed by atoms with van der Waals surface area (Å²) in [5.74, 6) is 0.475. The number of nitrogens with one attached hydrogen (secondary N) is 1. The van der Waals surface area contributed by atoms with Crippen molar-refractivity contribution in [2.75, 3.05) is 36.6 Å². The molecule has 0 heterocycles. The van der Waals surface area contributed by atoms with E-state index in [1.807, 2.05) is 55.4 Å². The summed E-state index contributed by atoms with van der Waals surface area (Å²) in [6.45, 7) is 3.69. The average Bonchev–Trinajstić information content (AvgIpc) is 2.64. The lowest BCUT2D eigenvalue weighted by atomic mass is 10.1. The molecule has 2 rings (SSSR count). The minimum absolute atomic E-state index is 0.0834. The Bertz CT molecular complexity index is 845. The number of hydrogen-bond donors (Lipinski definition) is 1. The van der Waals surface area contributed by atoms with Gasteiger partial charge in [-0.3, -0.25) is 14.6 Å². The first kappa shape index (κ1) is 21.7. The van der Waals surface area contributed by atoms with Gasteiger partial charge in [-0.15, -0.1) is 0 Å². The third-order valence-corrected chi connectivity index (χ3v) is 4.90. The normalized spacial score (nSPS) is 11.2. The Morgan fingerprint density at radius 2 is 1.79 bits per heavy atom. The second kappa shape index (κ2) is 10.7. The van der Waals surface area contributed by atoms with Crippen LogP contribution in [-0.4, -0.2) is 43.1 Å². The van der Waals surface area contributed by atoms with Crippen LogP contribution in [0.15, 0.2) is 53.5 Å². The number of carbonyl (C=O) groups is 2. The monoisotopic (exact) mass is 397 g/mol. The Labute approximate surface area is 171 Å². The highest BCUT2D eigenvalue weighted by Gasteiger charge is 2.07. The number of benzene rings is 2. The molecule has 0 saturated carbocycles. The van der Waals surface area contributed by atoms with Crippen molar-refractivity contribution in [1.29, 1.82) is 0 Å². The number of aliphatic imine (C=N–C) groups is 1. The molecule has 2 aromatic carbocycles. The molecule has 0 bridgehead atoms. The summed E-state index contributed by atoms with van der Waals surface area (Å²) in [5, 5.41) is 2.88. The van der Waals surface area contributed by atoms with E-state index in [0.717, 1.165) is 34.6 Å². The molecule has 0 aliphatic heterocycles. The molecule has 2 aromatic rings. The summed E-state index contributed by atoms with van der Waals surface area (Å²) < 4.78 is 0. The maximum atomic E-state index is 11.4. The molecule has 0 aliphatic rings. The van der Waals surface area contributed by atoms with E-state index in [4.69, 9.17) is 4.99 Å². The molecule has 0 radical (unpaired) electrons. The fourth-order valence-electron chi connectivity index (χ4n) is 2.67. The van der Waals surface area contributed by atoms with Crippen LogP contribution >= 0.6 is 11.8 Å². The van der Waals surface area contributed by atoms with Gasteiger partial charge in [0.05, 0.1) is 5.71 Å². The van der Waals surface area contributed by atoms with E-state index >= 15 is 0 Å². The van der Waals surface area contributed by atoms with Crippen LogP contribution in [0.5, 0.6) is 0 Å². The Balaban J connectivity index is 2.11. The van der Waals surface area contributed by atoms with Gasteiger partial charge in [0.25, 0.3) is 0 Å². The molecule has 0 atom stereocenters. The highest BCUT2D eigenvalue weighted by molar-refractivity contribution is 8.14. The molecular weight excluding hydrogens is 370 g/mol. The van der Waals surface area contributed by atoms with E-state index in [1.54, 1.807) is 6.92 Å². The molecule has 0 unspecified atom stereocenters. The third kappa shape index (κ3) is 7.19. The van der Waals surface area contributed by atoms with Crippen molar-refractivity contribution < 1.29 is 9.59 Å². The largest absolute Gasteiger partial charge is 0.378 e. The summed E-state index contributed by atoms with van der Waals surface area (Å²) in [7, 11) is 4.01. The Morgan fingerprint density at radius 3 is 2.39 bits per heavy atom. The zero-order chi connectivity index (χ0) is 20.5. The van der Waals surface area contributed by atoms with Gasteiger partial charge in [0.15, 0.2) is 5.12 Å². The fourth-order valence-corrected chi connectivity index (χ4v) is 3.27. The van der Waals surface area contributed by atoms with Gasteiger partial charge >= 0.3 is 0 Å². The molecule has 6 heteroatoms. The summed E-state index contributed by atoms with van der Waals surface area (Å²) in [6.07, 6.45) is 0.761. The van der Waals surface area contributed by atoms with Gasteiger partial charge in [-0.05, 0) is 41.8 Å². The first-order chi connectivity index (χ1) is 13.3. The van der Waals surface area contributed by atoms with E-state index < -0.39 is 0 Å². The van der Waals surface area contributed by atoms with Crippen LogP contribution in [-0.2, 0) is 16.0 Å². The quantitative estimate of drug-likeness (QED) is 0.684. The Kier molecular flexibility index (Phi) is 8.26. The highest BCUT2D eigenvalue weighted by Crippen LogP contribution is 2.16. The SMILES string of the molecule is CC(=O)Nc1cccc(CCN=C(CSC(C)=O)c2ccc(N(C)C)cc2)c1.